The molecule has 0 spiro atoms. The van der Waals surface area contributed by atoms with Gasteiger partial charge in [-0.2, -0.15) is 0 Å². The van der Waals surface area contributed by atoms with Crippen molar-refractivity contribution in [2.24, 2.45) is 11.3 Å². The van der Waals surface area contributed by atoms with Crippen molar-refractivity contribution >= 4 is 6.03 Å². The molecule has 1 aromatic rings. The highest BCUT2D eigenvalue weighted by Crippen LogP contribution is 2.51. The molecule has 5 nitrogen and oxygen atoms in total. The summed E-state index contributed by atoms with van der Waals surface area (Å²) in [6.45, 7) is 7.54. The van der Waals surface area contributed by atoms with E-state index in [0.29, 0.717) is 18.6 Å². The van der Waals surface area contributed by atoms with Crippen molar-refractivity contribution in [2.75, 3.05) is 26.7 Å². The Hall–Kier alpha value is -1.59. The minimum atomic E-state index is -0.0634. The van der Waals surface area contributed by atoms with E-state index in [2.05, 4.69) is 60.7 Å². The van der Waals surface area contributed by atoms with Crippen molar-refractivity contribution in [1.82, 2.24) is 15.5 Å². The van der Waals surface area contributed by atoms with Crippen molar-refractivity contribution < 1.29 is 9.53 Å². The largest absolute Gasteiger partial charge is 0.377 e. The summed E-state index contributed by atoms with van der Waals surface area (Å²) in [7, 11) is 2.07. The van der Waals surface area contributed by atoms with E-state index in [0.717, 1.165) is 26.1 Å². The second-order valence-electron chi connectivity index (χ2n) is 7.67. The number of nitrogens with zero attached hydrogens (tertiary/aromatic N) is 1. The molecule has 2 aliphatic rings. The second kappa shape index (κ2) is 7.11. The summed E-state index contributed by atoms with van der Waals surface area (Å²) >= 11 is 0. The topological polar surface area (TPSA) is 53.6 Å². The number of rotatable bonds is 6. The average molecular weight is 331 g/mol. The molecule has 132 valence electrons. The van der Waals surface area contributed by atoms with Gasteiger partial charge in [0.1, 0.15) is 0 Å². The number of fused-ring (bicyclic) bond motifs is 1. The first-order valence-electron chi connectivity index (χ1n) is 8.87. The van der Waals surface area contributed by atoms with Crippen molar-refractivity contribution in [1.29, 1.82) is 0 Å². The average Bonchev–Trinajstić information content (AvgIpc) is 3.01. The molecule has 5 heteroatoms. The van der Waals surface area contributed by atoms with Gasteiger partial charge in [0.25, 0.3) is 0 Å². The molecule has 0 aromatic heterocycles. The molecule has 3 rings (SSSR count). The summed E-state index contributed by atoms with van der Waals surface area (Å²) in [5.41, 5.74) is 1.32. The first-order valence-corrected chi connectivity index (χ1v) is 8.87. The van der Waals surface area contributed by atoms with Gasteiger partial charge in [-0.25, -0.2) is 4.79 Å². The van der Waals surface area contributed by atoms with Crippen LogP contribution >= 0.6 is 0 Å². The highest BCUT2D eigenvalue weighted by atomic mass is 16.5. The molecule has 0 bridgehead atoms. The van der Waals surface area contributed by atoms with Crippen LogP contribution in [-0.4, -0.2) is 49.8 Å². The number of urea groups is 1. The molecular formula is C19H29N3O2. The van der Waals surface area contributed by atoms with Crippen LogP contribution in [0.3, 0.4) is 0 Å². The van der Waals surface area contributed by atoms with Crippen molar-refractivity contribution in [2.45, 2.75) is 39.0 Å². The van der Waals surface area contributed by atoms with Crippen LogP contribution < -0.4 is 10.6 Å². The molecule has 2 fully saturated rings. The molecule has 24 heavy (non-hydrogen) atoms. The lowest BCUT2D eigenvalue weighted by Gasteiger charge is -2.54. The number of ether oxygens (including phenoxy) is 1. The van der Waals surface area contributed by atoms with Gasteiger partial charge in [0, 0.05) is 43.6 Å². The second-order valence-corrected chi connectivity index (χ2v) is 7.67. The highest BCUT2D eigenvalue weighted by molar-refractivity contribution is 5.74. The van der Waals surface area contributed by atoms with E-state index in [1.807, 2.05) is 6.07 Å². The van der Waals surface area contributed by atoms with Gasteiger partial charge < -0.3 is 20.3 Å². The van der Waals surface area contributed by atoms with Crippen LogP contribution in [0.2, 0.25) is 0 Å². The van der Waals surface area contributed by atoms with Gasteiger partial charge >= 0.3 is 6.03 Å². The van der Waals surface area contributed by atoms with Gasteiger partial charge in [-0.3, -0.25) is 0 Å². The van der Waals surface area contributed by atoms with Crippen molar-refractivity contribution in [3.8, 4) is 0 Å². The van der Waals surface area contributed by atoms with E-state index in [1.165, 1.54) is 5.56 Å². The van der Waals surface area contributed by atoms with E-state index in [-0.39, 0.29) is 17.5 Å². The third kappa shape index (κ3) is 3.57. The first kappa shape index (κ1) is 17.2. The Kier molecular flexibility index (Phi) is 5.11. The summed E-state index contributed by atoms with van der Waals surface area (Å²) in [5, 5.41) is 6.14. The van der Waals surface area contributed by atoms with Crippen LogP contribution in [0.25, 0.3) is 0 Å². The summed E-state index contributed by atoms with van der Waals surface area (Å²) < 4.78 is 5.77. The standard InChI is InChI=1S/C19H29N3O2/c1-19(2)16(15-9-12-24-17(15)19)21-18(23)20-10-11-22(3)13-14-7-5-4-6-8-14/h4-8,15-17H,9-13H2,1-3H3,(H2,20,21,23)/t15-,16+,17+/m0/s1. The fourth-order valence-electron chi connectivity index (χ4n) is 4.14. The lowest BCUT2D eigenvalue weighted by atomic mass is 9.57. The molecule has 1 heterocycles. The number of amides is 2. The maximum absolute atomic E-state index is 12.2. The van der Waals surface area contributed by atoms with E-state index in [9.17, 15) is 4.79 Å². The minimum Gasteiger partial charge on any atom is -0.377 e. The number of hydrogen-bond acceptors (Lipinski definition) is 3. The Balaban J connectivity index is 1.37. The van der Waals surface area contributed by atoms with Crippen molar-refractivity contribution in [3.63, 3.8) is 0 Å². The maximum atomic E-state index is 12.2. The quantitative estimate of drug-likeness (QED) is 0.840. The number of nitrogens with one attached hydrogen (secondary N) is 2. The zero-order chi connectivity index (χ0) is 17.2. The van der Waals surface area contributed by atoms with Crippen LogP contribution in [0, 0.1) is 11.3 Å². The molecule has 1 saturated carbocycles. The molecule has 1 saturated heterocycles. The zero-order valence-electron chi connectivity index (χ0n) is 14.9. The molecule has 1 aliphatic carbocycles. The molecular weight excluding hydrogens is 302 g/mol. The Labute approximate surface area is 144 Å². The third-order valence-corrected chi connectivity index (χ3v) is 5.46. The van der Waals surface area contributed by atoms with Crippen LogP contribution in [0.15, 0.2) is 30.3 Å². The summed E-state index contributed by atoms with van der Waals surface area (Å²) in [4.78, 5) is 14.4. The van der Waals surface area contributed by atoms with Gasteiger partial charge in [0.2, 0.25) is 0 Å². The Morgan fingerprint density at radius 3 is 2.83 bits per heavy atom. The normalized spacial score (nSPS) is 27.4. The van der Waals surface area contributed by atoms with Gasteiger partial charge in [-0.05, 0) is 19.0 Å². The molecule has 1 aromatic carbocycles. The molecule has 1 aliphatic heterocycles. The van der Waals surface area contributed by atoms with Crippen LogP contribution in [0.5, 0.6) is 0 Å². The van der Waals surface area contributed by atoms with Gasteiger partial charge in [-0.15, -0.1) is 0 Å². The summed E-state index contributed by atoms with van der Waals surface area (Å²) in [5.74, 6) is 0.478. The molecule has 0 radical (unpaired) electrons. The summed E-state index contributed by atoms with van der Waals surface area (Å²) in [6.07, 6.45) is 1.36. The number of likely N-dealkylation sites (N-methyl/N-ethyl adjacent to an activating group) is 1. The number of hydrogen-bond donors (Lipinski definition) is 2. The number of benzene rings is 1. The number of carbonyl (C=O) groups is 1. The van der Waals surface area contributed by atoms with Crippen LogP contribution in [0.1, 0.15) is 25.8 Å². The van der Waals surface area contributed by atoms with Gasteiger partial charge in [-0.1, -0.05) is 44.2 Å². The Morgan fingerprint density at radius 1 is 1.33 bits per heavy atom. The smallest absolute Gasteiger partial charge is 0.315 e. The molecule has 2 N–H and O–H groups in total. The lowest BCUT2D eigenvalue weighted by Crippen LogP contribution is -2.67. The summed E-state index contributed by atoms with van der Waals surface area (Å²) in [6, 6.07) is 10.5. The maximum Gasteiger partial charge on any atom is 0.315 e. The first-order chi connectivity index (χ1) is 11.5. The van der Waals surface area contributed by atoms with E-state index in [4.69, 9.17) is 4.74 Å². The van der Waals surface area contributed by atoms with Crippen molar-refractivity contribution in [3.05, 3.63) is 35.9 Å². The lowest BCUT2D eigenvalue weighted by molar-refractivity contribution is -0.108. The third-order valence-electron chi connectivity index (χ3n) is 5.46. The molecule has 3 atom stereocenters. The van der Waals surface area contributed by atoms with Gasteiger partial charge in [0.05, 0.1) is 6.10 Å². The predicted octanol–water partition coefficient (Wildman–Crippen LogP) is 2.23. The van der Waals surface area contributed by atoms with E-state index >= 15 is 0 Å². The monoisotopic (exact) mass is 331 g/mol. The van der Waals surface area contributed by atoms with Gasteiger partial charge in [0.15, 0.2) is 0 Å². The predicted molar refractivity (Wildman–Crippen MR) is 94.7 cm³/mol. The van der Waals surface area contributed by atoms with E-state index in [1.54, 1.807) is 0 Å². The minimum absolute atomic E-state index is 0.0304. The fraction of sp³-hybridized carbons (Fsp3) is 0.632. The SMILES string of the molecule is CN(CCNC(=O)N[C@@H]1[C@@H]2CCO[C@H]2C1(C)C)Cc1ccccc1. The molecule has 0 unspecified atom stereocenters. The fourth-order valence-corrected chi connectivity index (χ4v) is 4.14. The highest BCUT2D eigenvalue weighted by Gasteiger charge is 2.59. The number of carbonyl (C=O) groups excluding carboxylic acids is 1. The Bertz CT molecular complexity index is 561. The Morgan fingerprint density at radius 2 is 2.08 bits per heavy atom. The van der Waals surface area contributed by atoms with Crippen LogP contribution in [0.4, 0.5) is 4.79 Å². The molecule has 2 amide bonds. The van der Waals surface area contributed by atoms with Crippen LogP contribution in [-0.2, 0) is 11.3 Å². The zero-order valence-corrected chi connectivity index (χ0v) is 14.9. The van der Waals surface area contributed by atoms with E-state index < -0.39 is 0 Å².